The smallest absolute Gasteiger partial charge is 0.0366 e. The summed E-state index contributed by atoms with van der Waals surface area (Å²) in [6, 6.07) is 19.6. The van der Waals surface area contributed by atoms with Crippen molar-refractivity contribution >= 4 is 5.69 Å². The van der Waals surface area contributed by atoms with Crippen molar-refractivity contribution in [2.45, 2.75) is 12.8 Å². The molecule has 0 saturated carbocycles. The van der Waals surface area contributed by atoms with E-state index in [1.54, 1.807) is 0 Å². The number of anilines is 1. The van der Waals surface area contributed by atoms with Crippen LogP contribution in [0.25, 0.3) is 0 Å². The maximum absolute atomic E-state index is 2.44. The van der Waals surface area contributed by atoms with E-state index in [1.165, 1.54) is 16.8 Å². The quantitative estimate of drug-likeness (QED) is 0.752. The van der Waals surface area contributed by atoms with Crippen molar-refractivity contribution in [3.05, 3.63) is 65.7 Å². The molecule has 0 atom stereocenters. The van der Waals surface area contributed by atoms with Gasteiger partial charge < -0.3 is 4.90 Å². The minimum absolute atomic E-state index is 0.706. The van der Waals surface area contributed by atoms with Crippen LogP contribution < -0.4 is 4.90 Å². The predicted octanol–water partition coefficient (Wildman–Crippen LogP) is 3.60. The molecule has 0 aromatic heterocycles. The van der Waals surface area contributed by atoms with Crippen LogP contribution in [0.15, 0.2) is 54.6 Å². The third-order valence-corrected chi connectivity index (χ3v) is 3.55. The van der Waals surface area contributed by atoms with Gasteiger partial charge in [-0.2, -0.15) is 0 Å². The number of hydrogen-bond donors (Lipinski definition) is 0. The molecular weight excluding hydrogens is 206 g/mol. The van der Waals surface area contributed by atoms with Gasteiger partial charge in [0.1, 0.15) is 0 Å². The average Bonchev–Trinajstić information content (AvgIpc) is 2.31. The lowest BCUT2D eigenvalue weighted by Crippen LogP contribution is -2.44. The molecule has 1 heteroatoms. The van der Waals surface area contributed by atoms with Crippen LogP contribution in [-0.4, -0.2) is 13.1 Å². The lowest BCUT2D eigenvalue weighted by atomic mass is 9.91. The summed E-state index contributed by atoms with van der Waals surface area (Å²) in [5, 5.41) is 0. The standard InChI is InChI=1S/C16H17N/c1-13-7-9-16(10-8-13)17-11-15(12-17)14-5-3-2-4-6-14/h2-10,15H,11-12H2,1H3. The molecule has 86 valence electrons. The number of hydrogen-bond acceptors (Lipinski definition) is 1. The van der Waals surface area contributed by atoms with Gasteiger partial charge in [0.15, 0.2) is 0 Å². The summed E-state index contributed by atoms with van der Waals surface area (Å²) in [4.78, 5) is 2.44. The summed E-state index contributed by atoms with van der Waals surface area (Å²) in [7, 11) is 0. The Balaban J connectivity index is 1.67. The van der Waals surface area contributed by atoms with Gasteiger partial charge in [-0.1, -0.05) is 48.0 Å². The first kappa shape index (κ1) is 10.4. The summed E-state index contributed by atoms with van der Waals surface area (Å²) in [6.45, 7) is 4.42. The zero-order valence-corrected chi connectivity index (χ0v) is 10.1. The Kier molecular flexibility index (Phi) is 2.60. The highest BCUT2D eigenvalue weighted by atomic mass is 15.2. The van der Waals surface area contributed by atoms with E-state index in [0.717, 1.165) is 13.1 Å². The van der Waals surface area contributed by atoms with Gasteiger partial charge in [-0.3, -0.25) is 0 Å². The van der Waals surface area contributed by atoms with Crippen molar-refractivity contribution in [3.63, 3.8) is 0 Å². The Morgan fingerprint density at radius 3 is 2.18 bits per heavy atom. The number of rotatable bonds is 2. The van der Waals surface area contributed by atoms with Gasteiger partial charge in [-0.05, 0) is 24.6 Å². The maximum Gasteiger partial charge on any atom is 0.0366 e. The fourth-order valence-corrected chi connectivity index (χ4v) is 2.38. The molecule has 0 amide bonds. The molecule has 0 aliphatic carbocycles. The predicted molar refractivity (Wildman–Crippen MR) is 72.6 cm³/mol. The molecule has 1 fully saturated rings. The third kappa shape index (κ3) is 2.05. The molecule has 0 unspecified atom stereocenters. The van der Waals surface area contributed by atoms with E-state index in [2.05, 4.69) is 66.4 Å². The first-order valence-corrected chi connectivity index (χ1v) is 6.19. The van der Waals surface area contributed by atoms with E-state index in [9.17, 15) is 0 Å². The first-order chi connectivity index (χ1) is 8.33. The van der Waals surface area contributed by atoms with Crippen LogP contribution in [0.2, 0.25) is 0 Å². The molecule has 1 aliphatic rings. The fourth-order valence-electron chi connectivity index (χ4n) is 2.38. The summed E-state index contributed by atoms with van der Waals surface area (Å²) in [5.41, 5.74) is 4.15. The number of benzene rings is 2. The Hall–Kier alpha value is -1.76. The van der Waals surface area contributed by atoms with Crippen LogP contribution in [0.4, 0.5) is 5.69 Å². The van der Waals surface area contributed by atoms with Crippen LogP contribution >= 0.6 is 0 Å². The second-order valence-corrected chi connectivity index (χ2v) is 4.85. The largest absolute Gasteiger partial charge is 0.370 e. The Labute approximate surface area is 103 Å². The van der Waals surface area contributed by atoms with Crippen molar-refractivity contribution in [3.8, 4) is 0 Å². The average molecular weight is 223 g/mol. The lowest BCUT2D eigenvalue weighted by Gasteiger charge is -2.41. The third-order valence-electron chi connectivity index (χ3n) is 3.55. The van der Waals surface area contributed by atoms with E-state index in [0.29, 0.717) is 5.92 Å². The normalized spacial score (nSPS) is 15.7. The van der Waals surface area contributed by atoms with E-state index < -0.39 is 0 Å². The Bertz CT molecular complexity index is 481. The van der Waals surface area contributed by atoms with Crippen molar-refractivity contribution in [2.75, 3.05) is 18.0 Å². The first-order valence-electron chi connectivity index (χ1n) is 6.19. The van der Waals surface area contributed by atoms with Gasteiger partial charge in [-0.15, -0.1) is 0 Å². The topological polar surface area (TPSA) is 3.24 Å². The highest BCUT2D eigenvalue weighted by Crippen LogP contribution is 2.31. The van der Waals surface area contributed by atoms with Crippen molar-refractivity contribution in [1.29, 1.82) is 0 Å². The van der Waals surface area contributed by atoms with Crippen LogP contribution in [-0.2, 0) is 0 Å². The summed E-state index contributed by atoms with van der Waals surface area (Å²) >= 11 is 0. The SMILES string of the molecule is Cc1ccc(N2CC(c3ccccc3)C2)cc1. The molecule has 2 aromatic carbocycles. The van der Waals surface area contributed by atoms with E-state index in [4.69, 9.17) is 0 Å². The Morgan fingerprint density at radius 2 is 1.53 bits per heavy atom. The zero-order valence-electron chi connectivity index (χ0n) is 10.1. The highest BCUT2D eigenvalue weighted by molar-refractivity contribution is 5.51. The molecule has 1 saturated heterocycles. The fraction of sp³-hybridized carbons (Fsp3) is 0.250. The maximum atomic E-state index is 2.44. The molecule has 3 rings (SSSR count). The van der Waals surface area contributed by atoms with Crippen LogP contribution in [0.3, 0.4) is 0 Å². The number of aryl methyl sites for hydroxylation is 1. The van der Waals surface area contributed by atoms with E-state index in [1.807, 2.05) is 0 Å². The molecule has 0 N–H and O–H groups in total. The molecule has 0 spiro atoms. The lowest BCUT2D eigenvalue weighted by molar-refractivity contribution is 0.525. The zero-order chi connectivity index (χ0) is 11.7. The van der Waals surface area contributed by atoms with Crippen LogP contribution in [0.5, 0.6) is 0 Å². The van der Waals surface area contributed by atoms with Crippen molar-refractivity contribution < 1.29 is 0 Å². The summed E-state index contributed by atoms with van der Waals surface area (Å²) in [5.74, 6) is 0.706. The summed E-state index contributed by atoms with van der Waals surface area (Å²) < 4.78 is 0. The molecule has 1 aliphatic heterocycles. The molecule has 0 bridgehead atoms. The van der Waals surface area contributed by atoms with Gasteiger partial charge in [-0.25, -0.2) is 0 Å². The van der Waals surface area contributed by atoms with Crippen LogP contribution in [0.1, 0.15) is 17.0 Å². The highest BCUT2D eigenvalue weighted by Gasteiger charge is 2.27. The Morgan fingerprint density at radius 1 is 0.882 bits per heavy atom. The molecule has 1 nitrogen and oxygen atoms in total. The van der Waals surface area contributed by atoms with E-state index in [-0.39, 0.29) is 0 Å². The monoisotopic (exact) mass is 223 g/mol. The van der Waals surface area contributed by atoms with Crippen molar-refractivity contribution in [2.24, 2.45) is 0 Å². The minimum atomic E-state index is 0.706. The molecule has 1 heterocycles. The molecular formula is C16H17N. The molecule has 17 heavy (non-hydrogen) atoms. The second kappa shape index (κ2) is 4.25. The number of nitrogens with zero attached hydrogens (tertiary/aromatic N) is 1. The van der Waals surface area contributed by atoms with E-state index >= 15 is 0 Å². The van der Waals surface area contributed by atoms with Gasteiger partial charge in [0.05, 0.1) is 0 Å². The minimum Gasteiger partial charge on any atom is -0.370 e. The summed E-state index contributed by atoms with van der Waals surface area (Å²) in [6.07, 6.45) is 0. The van der Waals surface area contributed by atoms with Gasteiger partial charge in [0, 0.05) is 24.7 Å². The van der Waals surface area contributed by atoms with Gasteiger partial charge >= 0.3 is 0 Å². The second-order valence-electron chi connectivity index (χ2n) is 4.85. The van der Waals surface area contributed by atoms with Gasteiger partial charge in [0.2, 0.25) is 0 Å². The molecule has 0 radical (unpaired) electrons. The van der Waals surface area contributed by atoms with Crippen molar-refractivity contribution in [1.82, 2.24) is 0 Å². The van der Waals surface area contributed by atoms with Gasteiger partial charge in [0.25, 0.3) is 0 Å². The molecule has 2 aromatic rings. The van der Waals surface area contributed by atoms with Crippen LogP contribution in [0, 0.1) is 6.92 Å².